The van der Waals surface area contributed by atoms with E-state index in [-0.39, 0.29) is 18.6 Å². The van der Waals surface area contributed by atoms with Crippen molar-refractivity contribution >= 4 is 23.8 Å². The van der Waals surface area contributed by atoms with Gasteiger partial charge in [-0.2, -0.15) is 0 Å². The molecule has 0 aliphatic heterocycles. The number of carbonyl (C=O) groups is 1. The molecule has 6 heteroatoms. The SMILES string of the molecule is O=C(OCC=NO)C(F)(CCCCc1ccccc1)c1ccc(-c2ccc(Cl)cc2)cc1. The number of hydrogen-bond donors (Lipinski definition) is 1. The highest BCUT2D eigenvalue weighted by Crippen LogP contribution is 2.35. The molecule has 0 saturated heterocycles. The summed E-state index contributed by atoms with van der Waals surface area (Å²) in [5.41, 5.74) is 0.943. The second-order valence-electron chi connectivity index (χ2n) is 7.47. The lowest BCUT2D eigenvalue weighted by Crippen LogP contribution is -2.33. The fourth-order valence-electron chi connectivity index (χ4n) is 3.54. The molecule has 0 saturated carbocycles. The normalized spacial score (nSPS) is 13.1. The molecule has 0 aliphatic carbocycles. The first kappa shape index (κ1) is 23.5. The van der Waals surface area contributed by atoms with Gasteiger partial charge < -0.3 is 9.94 Å². The summed E-state index contributed by atoms with van der Waals surface area (Å²) < 4.78 is 21.1. The molecule has 32 heavy (non-hydrogen) atoms. The second kappa shape index (κ2) is 11.4. The molecule has 0 fully saturated rings. The Bertz CT molecular complexity index is 1020. The summed E-state index contributed by atoms with van der Waals surface area (Å²) in [6.07, 6.45) is 3.04. The number of nitrogens with zero attached hydrogens (tertiary/aromatic N) is 1. The third-order valence-electron chi connectivity index (χ3n) is 5.29. The Hall–Kier alpha value is -3.18. The van der Waals surface area contributed by atoms with Crippen LogP contribution in [0.2, 0.25) is 5.02 Å². The maximum atomic E-state index is 16.1. The molecule has 0 aromatic heterocycles. The number of carbonyl (C=O) groups excluding carboxylic acids is 1. The molecular weight excluding hydrogens is 429 g/mol. The first-order chi connectivity index (χ1) is 15.5. The van der Waals surface area contributed by atoms with E-state index in [0.717, 1.165) is 30.2 Å². The smallest absolute Gasteiger partial charge is 0.349 e. The predicted octanol–water partition coefficient (Wildman–Crippen LogP) is 6.59. The third kappa shape index (κ3) is 6.17. The van der Waals surface area contributed by atoms with Crippen molar-refractivity contribution < 1.29 is 19.1 Å². The minimum absolute atomic E-state index is 0.00474. The molecule has 3 rings (SSSR count). The number of halogens is 2. The van der Waals surface area contributed by atoms with Crippen LogP contribution >= 0.6 is 11.6 Å². The van der Waals surface area contributed by atoms with Crippen molar-refractivity contribution in [3.05, 3.63) is 95.0 Å². The average Bonchev–Trinajstić information content (AvgIpc) is 2.83. The van der Waals surface area contributed by atoms with E-state index in [1.54, 1.807) is 36.4 Å². The van der Waals surface area contributed by atoms with Crippen molar-refractivity contribution in [2.75, 3.05) is 6.61 Å². The molecule has 1 unspecified atom stereocenters. The van der Waals surface area contributed by atoms with Gasteiger partial charge in [0, 0.05) is 10.6 Å². The van der Waals surface area contributed by atoms with Crippen LogP contribution in [0.4, 0.5) is 4.39 Å². The fraction of sp³-hybridized carbons (Fsp3) is 0.231. The number of hydrogen-bond acceptors (Lipinski definition) is 4. The fourth-order valence-corrected chi connectivity index (χ4v) is 3.66. The lowest BCUT2D eigenvalue weighted by Gasteiger charge is -2.24. The predicted molar refractivity (Wildman–Crippen MR) is 125 cm³/mol. The van der Waals surface area contributed by atoms with Crippen LogP contribution in [0.5, 0.6) is 0 Å². The Morgan fingerprint density at radius 3 is 2.22 bits per heavy atom. The highest BCUT2D eigenvalue weighted by molar-refractivity contribution is 6.30. The van der Waals surface area contributed by atoms with Crippen LogP contribution in [0.3, 0.4) is 0 Å². The molecule has 0 aliphatic rings. The molecule has 0 amide bonds. The van der Waals surface area contributed by atoms with Gasteiger partial charge in [0.15, 0.2) is 0 Å². The Balaban J connectivity index is 1.74. The Morgan fingerprint density at radius 1 is 0.969 bits per heavy atom. The molecule has 0 radical (unpaired) electrons. The van der Waals surface area contributed by atoms with E-state index >= 15 is 4.39 Å². The highest BCUT2D eigenvalue weighted by atomic mass is 35.5. The summed E-state index contributed by atoms with van der Waals surface area (Å²) in [5.74, 6) is -0.989. The minimum Gasteiger partial charge on any atom is -0.457 e. The van der Waals surface area contributed by atoms with Crippen LogP contribution in [0.25, 0.3) is 11.1 Å². The van der Waals surface area contributed by atoms with Gasteiger partial charge in [-0.25, -0.2) is 9.18 Å². The zero-order chi connectivity index (χ0) is 22.8. The summed E-state index contributed by atoms with van der Waals surface area (Å²) in [4.78, 5) is 12.6. The number of oxime groups is 1. The van der Waals surface area contributed by atoms with Gasteiger partial charge in [-0.1, -0.05) is 83.5 Å². The molecule has 0 bridgehead atoms. The second-order valence-corrected chi connectivity index (χ2v) is 7.91. The Kier molecular flexibility index (Phi) is 8.40. The molecule has 166 valence electrons. The highest BCUT2D eigenvalue weighted by Gasteiger charge is 2.41. The number of unbranched alkanes of at least 4 members (excludes halogenated alkanes) is 1. The van der Waals surface area contributed by atoms with Crippen LogP contribution in [-0.4, -0.2) is 24.0 Å². The lowest BCUT2D eigenvalue weighted by molar-refractivity contribution is -0.157. The Morgan fingerprint density at radius 2 is 1.59 bits per heavy atom. The van der Waals surface area contributed by atoms with Gasteiger partial charge in [0.25, 0.3) is 0 Å². The summed E-state index contributed by atoms with van der Waals surface area (Å²) in [5, 5.41) is 11.9. The van der Waals surface area contributed by atoms with E-state index in [4.69, 9.17) is 21.5 Å². The summed E-state index contributed by atoms with van der Waals surface area (Å²) in [7, 11) is 0. The van der Waals surface area contributed by atoms with E-state index in [1.165, 1.54) is 5.56 Å². The molecule has 1 atom stereocenters. The van der Waals surface area contributed by atoms with Gasteiger partial charge in [-0.3, -0.25) is 0 Å². The number of esters is 1. The third-order valence-corrected chi connectivity index (χ3v) is 5.55. The summed E-state index contributed by atoms with van der Waals surface area (Å²) >= 11 is 5.94. The van der Waals surface area contributed by atoms with Gasteiger partial charge >= 0.3 is 5.97 Å². The quantitative estimate of drug-likeness (QED) is 0.124. The molecular formula is C26H25ClFNO3. The van der Waals surface area contributed by atoms with Crippen molar-refractivity contribution in [2.45, 2.75) is 31.4 Å². The molecule has 4 nitrogen and oxygen atoms in total. The number of alkyl halides is 1. The number of rotatable bonds is 10. The summed E-state index contributed by atoms with van der Waals surface area (Å²) in [6.45, 7) is -0.298. The molecule has 1 N–H and O–H groups in total. The van der Waals surface area contributed by atoms with E-state index in [9.17, 15) is 4.79 Å². The van der Waals surface area contributed by atoms with E-state index in [1.807, 2.05) is 42.5 Å². The van der Waals surface area contributed by atoms with Crippen LogP contribution in [-0.2, 0) is 21.6 Å². The van der Waals surface area contributed by atoms with Crippen LogP contribution in [0.1, 0.15) is 30.4 Å². The van der Waals surface area contributed by atoms with Gasteiger partial charge in [0.1, 0.15) is 6.61 Å². The summed E-state index contributed by atoms with van der Waals surface area (Å²) in [6, 6.07) is 24.1. The topological polar surface area (TPSA) is 58.9 Å². The van der Waals surface area contributed by atoms with Crippen molar-refractivity contribution in [2.24, 2.45) is 5.16 Å². The van der Waals surface area contributed by atoms with Crippen LogP contribution in [0, 0.1) is 0 Å². The van der Waals surface area contributed by atoms with Crippen LogP contribution < -0.4 is 0 Å². The van der Waals surface area contributed by atoms with Crippen molar-refractivity contribution in [1.29, 1.82) is 0 Å². The van der Waals surface area contributed by atoms with Gasteiger partial charge in [-0.15, -0.1) is 0 Å². The number of benzene rings is 3. The average molecular weight is 454 g/mol. The van der Waals surface area contributed by atoms with Gasteiger partial charge in [0.05, 0.1) is 6.21 Å². The van der Waals surface area contributed by atoms with Crippen molar-refractivity contribution in [3.8, 4) is 11.1 Å². The van der Waals surface area contributed by atoms with E-state index < -0.39 is 11.6 Å². The van der Waals surface area contributed by atoms with Crippen molar-refractivity contribution in [3.63, 3.8) is 0 Å². The van der Waals surface area contributed by atoms with Gasteiger partial charge in [-0.05, 0) is 54.5 Å². The number of ether oxygens (including phenoxy) is 1. The monoisotopic (exact) mass is 453 g/mol. The van der Waals surface area contributed by atoms with Gasteiger partial charge in [0.2, 0.25) is 5.67 Å². The van der Waals surface area contributed by atoms with E-state index in [2.05, 4.69) is 5.16 Å². The molecule has 3 aromatic rings. The van der Waals surface area contributed by atoms with Crippen molar-refractivity contribution in [1.82, 2.24) is 0 Å². The molecule has 0 spiro atoms. The first-order valence-corrected chi connectivity index (χ1v) is 10.8. The van der Waals surface area contributed by atoms with E-state index in [0.29, 0.717) is 11.4 Å². The largest absolute Gasteiger partial charge is 0.457 e. The minimum atomic E-state index is -2.29. The zero-order valence-electron chi connectivity index (χ0n) is 17.6. The first-order valence-electron chi connectivity index (χ1n) is 10.5. The maximum Gasteiger partial charge on any atom is 0.349 e. The maximum absolute atomic E-state index is 16.1. The molecule has 3 aromatic carbocycles. The molecule has 0 heterocycles. The standard InChI is InChI=1S/C26H25ClFNO3/c27-24-15-11-22(12-16-24)21-9-13-23(14-10-21)26(28,25(30)32-19-18-29-31)17-5-4-8-20-6-2-1-3-7-20/h1-3,6-7,9-16,18,31H,4-5,8,17,19H2. The zero-order valence-corrected chi connectivity index (χ0v) is 18.3. The van der Waals surface area contributed by atoms with Crippen LogP contribution in [0.15, 0.2) is 84.0 Å². The number of aryl methyl sites for hydroxylation is 1. The Labute approximate surface area is 192 Å². The lowest BCUT2D eigenvalue weighted by atomic mass is 9.88.